The van der Waals surface area contributed by atoms with Crippen LogP contribution >= 0.6 is 0 Å². The minimum atomic E-state index is -0.573. The Bertz CT molecular complexity index is 131. The standard InChI is InChI=1S/C6H15N3O2/c1-5(7)3-10-9-11-4-6(5,2)8/h9H,3-4,7-8H2,1-2H3. The quantitative estimate of drug-likeness (QED) is 0.419. The lowest BCUT2D eigenvalue weighted by Gasteiger charge is -2.36. The van der Waals surface area contributed by atoms with Crippen LogP contribution in [0.2, 0.25) is 0 Å². The van der Waals surface area contributed by atoms with E-state index >= 15 is 0 Å². The molecule has 2 atom stereocenters. The maximum atomic E-state index is 5.89. The minimum Gasteiger partial charge on any atom is -0.322 e. The Morgan fingerprint density at radius 3 is 1.82 bits per heavy atom. The molecule has 1 rings (SSSR count). The van der Waals surface area contributed by atoms with Gasteiger partial charge < -0.3 is 11.5 Å². The maximum absolute atomic E-state index is 5.89. The Labute approximate surface area is 65.9 Å². The molecule has 0 aromatic rings. The summed E-state index contributed by atoms with van der Waals surface area (Å²) in [7, 11) is 0. The molecule has 0 radical (unpaired) electrons. The van der Waals surface area contributed by atoms with Crippen LogP contribution < -0.4 is 17.1 Å². The number of hydrogen-bond donors (Lipinski definition) is 3. The molecular weight excluding hydrogens is 146 g/mol. The van der Waals surface area contributed by atoms with Crippen molar-refractivity contribution < 1.29 is 9.68 Å². The summed E-state index contributed by atoms with van der Waals surface area (Å²) in [5, 5.41) is 0. The Morgan fingerprint density at radius 1 is 1.09 bits per heavy atom. The second-order valence-electron chi connectivity index (χ2n) is 3.50. The van der Waals surface area contributed by atoms with Gasteiger partial charge in [0.25, 0.3) is 0 Å². The van der Waals surface area contributed by atoms with Gasteiger partial charge in [-0.2, -0.15) is 0 Å². The Balaban J connectivity index is 2.72. The molecule has 5 nitrogen and oxygen atoms in total. The fourth-order valence-electron chi connectivity index (χ4n) is 0.730. The number of hydrogen-bond acceptors (Lipinski definition) is 5. The van der Waals surface area contributed by atoms with E-state index in [0.29, 0.717) is 13.2 Å². The molecule has 5 heteroatoms. The van der Waals surface area contributed by atoms with Crippen molar-refractivity contribution in [2.45, 2.75) is 24.9 Å². The highest BCUT2D eigenvalue weighted by Gasteiger charge is 2.40. The van der Waals surface area contributed by atoms with Gasteiger partial charge in [-0.15, -0.1) is 0 Å². The van der Waals surface area contributed by atoms with Gasteiger partial charge >= 0.3 is 0 Å². The zero-order chi connectivity index (χ0) is 8.54. The van der Waals surface area contributed by atoms with E-state index in [4.69, 9.17) is 21.1 Å². The van der Waals surface area contributed by atoms with Crippen molar-refractivity contribution in [1.29, 1.82) is 0 Å². The highest BCUT2D eigenvalue weighted by Crippen LogP contribution is 2.18. The summed E-state index contributed by atoms with van der Waals surface area (Å²) >= 11 is 0. The number of rotatable bonds is 0. The predicted octanol–water partition coefficient (Wildman–Crippen LogP) is -1.11. The molecule has 1 saturated heterocycles. The summed E-state index contributed by atoms with van der Waals surface area (Å²) in [6.45, 7) is 4.34. The monoisotopic (exact) mass is 161 g/mol. The van der Waals surface area contributed by atoms with E-state index in [1.165, 1.54) is 0 Å². The van der Waals surface area contributed by atoms with Gasteiger partial charge in [0, 0.05) is 0 Å². The van der Waals surface area contributed by atoms with Gasteiger partial charge in [-0.25, -0.2) is 0 Å². The van der Waals surface area contributed by atoms with Gasteiger partial charge in [0.15, 0.2) is 0 Å². The molecule has 1 heterocycles. The highest BCUT2D eigenvalue weighted by molar-refractivity contribution is 5.01. The topological polar surface area (TPSA) is 82.5 Å². The second kappa shape index (κ2) is 2.69. The van der Waals surface area contributed by atoms with Gasteiger partial charge in [-0.05, 0) is 13.8 Å². The van der Waals surface area contributed by atoms with Gasteiger partial charge in [-0.3, -0.25) is 9.68 Å². The summed E-state index contributed by atoms with van der Waals surface area (Å²) < 4.78 is 0. The largest absolute Gasteiger partial charge is 0.322 e. The van der Waals surface area contributed by atoms with E-state index in [2.05, 4.69) is 5.64 Å². The summed E-state index contributed by atoms with van der Waals surface area (Å²) in [5.74, 6) is 0. The molecule has 1 aliphatic rings. The number of nitrogens with two attached hydrogens (primary N) is 2. The van der Waals surface area contributed by atoms with Gasteiger partial charge in [0.2, 0.25) is 0 Å². The first-order valence-electron chi connectivity index (χ1n) is 3.52. The van der Waals surface area contributed by atoms with E-state index in [1.54, 1.807) is 0 Å². The fourth-order valence-corrected chi connectivity index (χ4v) is 0.730. The van der Waals surface area contributed by atoms with Crippen molar-refractivity contribution in [1.82, 2.24) is 5.64 Å². The van der Waals surface area contributed by atoms with Crippen LogP contribution in [0.25, 0.3) is 0 Å². The van der Waals surface area contributed by atoms with Crippen LogP contribution in [0.1, 0.15) is 13.8 Å². The van der Waals surface area contributed by atoms with E-state index in [-0.39, 0.29) is 0 Å². The average Bonchev–Trinajstić information content (AvgIpc) is 1.94. The molecule has 0 aromatic carbocycles. The van der Waals surface area contributed by atoms with Crippen LogP contribution in [0, 0.1) is 0 Å². The zero-order valence-electron chi connectivity index (χ0n) is 6.89. The lowest BCUT2D eigenvalue weighted by atomic mass is 9.82. The third-order valence-corrected chi connectivity index (χ3v) is 2.17. The maximum Gasteiger partial charge on any atom is 0.0904 e. The highest BCUT2D eigenvalue weighted by atomic mass is 16.9. The van der Waals surface area contributed by atoms with Crippen molar-refractivity contribution in [3.05, 3.63) is 0 Å². The smallest absolute Gasteiger partial charge is 0.0904 e. The zero-order valence-corrected chi connectivity index (χ0v) is 6.89. The first-order chi connectivity index (χ1) is 4.96. The van der Waals surface area contributed by atoms with E-state index in [9.17, 15) is 0 Å². The molecule has 0 amide bonds. The average molecular weight is 161 g/mol. The third-order valence-electron chi connectivity index (χ3n) is 2.17. The van der Waals surface area contributed by atoms with Crippen LogP contribution in [-0.2, 0) is 9.68 Å². The first-order valence-corrected chi connectivity index (χ1v) is 3.52. The summed E-state index contributed by atoms with van der Waals surface area (Å²) in [6, 6.07) is 0. The van der Waals surface area contributed by atoms with E-state index in [1.807, 2.05) is 13.8 Å². The van der Waals surface area contributed by atoms with Gasteiger partial charge in [0.05, 0.1) is 24.3 Å². The van der Waals surface area contributed by atoms with Crippen molar-refractivity contribution >= 4 is 0 Å². The summed E-state index contributed by atoms with van der Waals surface area (Å²) in [5.41, 5.74) is 12.9. The van der Waals surface area contributed by atoms with Gasteiger partial charge in [-0.1, -0.05) is 5.64 Å². The fraction of sp³-hybridized carbons (Fsp3) is 1.00. The van der Waals surface area contributed by atoms with Crippen LogP contribution in [0.5, 0.6) is 0 Å². The predicted molar refractivity (Wildman–Crippen MR) is 40.2 cm³/mol. The Morgan fingerprint density at radius 2 is 1.45 bits per heavy atom. The first kappa shape index (κ1) is 8.89. The molecule has 0 bridgehead atoms. The molecular formula is C6H15N3O2. The van der Waals surface area contributed by atoms with Gasteiger partial charge in [0.1, 0.15) is 0 Å². The van der Waals surface area contributed by atoms with Crippen LogP contribution in [0.15, 0.2) is 0 Å². The molecule has 11 heavy (non-hydrogen) atoms. The van der Waals surface area contributed by atoms with E-state index in [0.717, 1.165) is 0 Å². The lowest BCUT2D eigenvalue weighted by molar-refractivity contribution is -0.158. The molecule has 1 aliphatic heterocycles. The van der Waals surface area contributed by atoms with Crippen LogP contribution in [0.3, 0.4) is 0 Å². The Hall–Kier alpha value is -0.200. The van der Waals surface area contributed by atoms with Crippen LogP contribution in [0.4, 0.5) is 0 Å². The number of nitrogens with one attached hydrogen (secondary N) is 1. The Kier molecular flexibility index (Phi) is 2.17. The van der Waals surface area contributed by atoms with Crippen molar-refractivity contribution in [2.75, 3.05) is 13.2 Å². The molecule has 0 aromatic heterocycles. The van der Waals surface area contributed by atoms with Crippen molar-refractivity contribution in [2.24, 2.45) is 11.5 Å². The van der Waals surface area contributed by atoms with E-state index < -0.39 is 11.1 Å². The summed E-state index contributed by atoms with van der Waals surface area (Å²) in [4.78, 5) is 9.74. The molecule has 0 aliphatic carbocycles. The normalized spacial score (nSPS) is 46.9. The molecule has 2 unspecified atom stereocenters. The molecule has 5 N–H and O–H groups in total. The molecule has 0 spiro atoms. The third kappa shape index (κ3) is 1.69. The lowest BCUT2D eigenvalue weighted by Crippen LogP contribution is -2.66. The van der Waals surface area contributed by atoms with Crippen molar-refractivity contribution in [3.8, 4) is 0 Å². The SMILES string of the molecule is CC1(N)CONOCC1(C)N. The summed E-state index contributed by atoms with van der Waals surface area (Å²) in [6.07, 6.45) is 0. The van der Waals surface area contributed by atoms with Crippen LogP contribution in [-0.4, -0.2) is 24.3 Å². The van der Waals surface area contributed by atoms with Crippen molar-refractivity contribution in [3.63, 3.8) is 0 Å². The molecule has 1 fully saturated rings. The molecule has 0 saturated carbocycles. The second-order valence-corrected chi connectivity index (χ2v) is 3.50. The molecule has 66 valence electrons. The minimum absolute atomic E-state index is 0.333.